The smallest absolute Gasteiger partial charge is 0.311 e. The minimum absolute atomic E-state index is 0.0294. The van der Waals surface area contributed by atoms with E-state index in [0.717, 1.165) is 5.56 Å². The van der Waals surface area contributed by atoms with E-state index in [1.165, 1.54) is 0 Å². The number of benzene rings is 1. The fourth-order valence-corrected chi connectivity index (χ4v) is 1.91. The maximum atomic E-state index is 11.1. The number of rotatable bonds is 3. The van der Waals surface area contributed by atoms with Crippen molar-refractivity contribution in [2.24, 2.45) is 5.92 Å². The molecule has 82 valence electrons. The van der Waals surface area contributed by atoms with Gasteiger partial charge in [0.25, 0.3) is 0 Å². The van der Waals surface area contributed by atoms with Crippen LogP contribution in [0.4, 0.5) is 0 Å². The van der Waals surface area contributed by atoms with Gasteiger partial charge in [0.1, 0.15) is 0 Å². The number of carbonyl (C=O) groups is 1. The lowest BCUT2D eigenvalue weighted by molar-refractivity contribution is -0.139. The lowest BCUT2D eigenvalue weighted by Crippen LogP contribution is -2.18. The second-order valence-corrected chi connectivity index (χ2v) is 4.49. The van der Waals surface area contributed by atoms with Crippen molar-refractivity contribution in [2.45, 2.75) is 26.7 Å². The van der Waals surface area contributed by atoms with Gasteiger partial charge in [0.05, 0.1) is 5.92 Å². The molecule has 0 saturated heterocycles. The summed E-state index contributed by atoms with van der Waals surface area (Å²) in [6.45, 7) is 5.70. The summed E-state index contributed by atoms with van der Waals surface area (Å²) in [4.78, 5) is 11.1. The maximum Gasteiger partial charge on any atom is 0.311 e. The van der Waals surface area contributed by atoms with Crippen LogP contribution in [0.3, 0.4) is 0 Å². The van der Waals surface area contributed by atoms with Crippen LogP contribution >= 0.6 is 11.6 Å². The van der Waals surface area contributed by atoms with Gasteiger partial charge >= 0.3 is 5.97 Å². The van der Waals surface area contributed by atoms with Crippen molar-refractivity contribution in [1.82, 2.24) is 0 Å². The van der Waals surface area contributed by atoms with Gasteiger partial charge in [-0.2, -0.15) is 0 Å². The van der Waals surface area contributed by atoms with Gasteiger partial charge < -0.3 is 5.11 Å². The molecule has 0 bridgehead atoms. The largest absolute Gasteiger partial charge is 0.481 e. The van der Waals surface area contributed by atoms with E-state index in [9.17, 15) is 4.79 Å². The van der Waals surface area contributed by atoms with Gasteiger partial charge in [-0.3, -0.25) is 4.79 Å². The zero-order chi connectivity index (χ0) is 11.6. The molecule has 1 aromatic carbocycles. The molecule has 1 N–H and O–H groups in total. The van der Waals surface area contributed by atoms with E-state index >= 15 is 0 Å². The molecule has 0 aromatic heterocycles. The number of halogens is 1. The average Bonchev–Trinajstić information content (AvgIpc) is 2.10. The first-order valence-electron chi connectivity index (χ1n) is 4.92. The molecule has 0 aliphatic heterocycles. The molecule has 0 heterocycles. The van der Waals surface area contributed by atoms with Gasteiger partial charge in [-0.25, -0.2) is 0 Å². The first kappa shape index (κ1) is 12.1. The average molecular weight is 227 g/mol. The summed E-state index contributed by atoms with van der Waals surface area (Å²) < 4.78 is 0. The molecule has 2 nitrogen and oxygen atoms in total. The van der Waals surface area contributed by atoms with Crippen LogP contribution < -0.4 is 0 Å². The van der Waals surface area contributed by atoms with Crippen LogP contribution in [0, 0.1) is 12.8 Å². The Morgan fingerprint density at radius 3 is 2.47 bits per heavy atom. The molecule has 1 rings (SSSR count). The number of hydrogen-bond acceptors (Lipinski definition) is 1. The molecular weight excluding hydrogens is 212 g/mol. The molecule has 0 amide bonds. The molecule has 0 aliphatic carbocycles. The van der Waals surface area contributed by atoms with Gasteiger partial charge in [-0.05, 0) is 24.5 Å². The Morgan fingerprint density at radius 2 is 2.00 bits per heavy atom. The summed E-state index contributed by atoms with van der Waals surface area (Å²) in [6, 6.07) is 5.48. The van der Waals surface area contributed by atoms with E-state index in [-0.39, 0.29) is 5.92 Å². The molecule has 1 aromatic rings. The highest BCUT2D eigenvalue weighted by Crippen LogP contribution is 2.31. The van der Waals surface area contributed by atoms with Gasteiger partial charge in [0.2, 0.25) is 0 Å². The number of hydrogen-bond donors (Lipinski definition) is 1. The molecule has 0 spiro atoms. The minimum Gasteiger partial charge on any atom is -0.481 e. The van der Waals surface area contributed by atoms with Crippen molar-refractivity contribution in [3.63, 3.8) is 0 Å². The normalized spacial score (nSPS) is 12.9. The van der Waals surface area contributed by atoms with Gasteiger partial charge in [0, 0.05) is 5.02 Å². The fourth-order valence-electron chi connectivity index (χ4n) is 1.68. The third-order valence-corrected chi connectivity index (χ3v) is 2.76. The van der Waals surface area contributed by atoms with Crippen LogP contribution in [-0.2, 0) is 4.79 Å². The van der Waals surface area contributed by atoms with Crippen molar-refractivity contribution >= 4 is 17.6 Å². The Morgan fingerprint density at radius 1 is 1.40 bits per heavy atom. The lowest BCUT2D eigenvalue weighted by atomic mass is 9.88. The second kappa shape index (κ2) is 4.67. The Kier molecular flexibility index (Phi) is 3.75. The molecular formula is C12H15ClO2. The van der Waals surface area contributed by atoms with Gasteiger partial charge in [0.15, 0.2) is 0 Å². The second-order valence-electron chi connectivity index (χ2n) is 4.08. The Balaban J connectivity index is 3.22. The standard InChI is InChI=1S/C12H15ClO2/c1-7(2)11(12(14)15)9-6-8(3)4-5-10(9)13/h4-7,11H,1-3H3,(H,14,15). The number of aryl methyl sites for hydroxylation is 1. The first-order valence-corrected chi connectivity index (χ1v) is 5.30. The monoisotopic (exact) mass is 226 g/mol. The molecule has 0 saturated carbocycles. The minimum atomic E-state index is -0.822. The topological polar surface area (TPSA) is 37.3 Å². The molecule has 0 aliphatic rings. The summed E-state index contributed by atoms with van der Waals surface area (Å²) >= 11 is 6.02. The molecule has 0 radical (unpaired) electrons. The van der Waals surface area contributed by atoms with Crippen molar-refractivity contribution < 1.29 is 9.90 Å². The fraction of sp³-hybridized carbons (Fsp3) is 0.417. The Labute approximate surface area is 94.9 Å². The van der Waals surface area contributed by atoms with E-state index in [1.807, 2.05) is 32.9 Å². The van der Waals surface area contributed by atoms with Crippen LogP contribution in [0.5, 0.6) is 0 Å². The SMILES string of the molecule is Cc1ccc(Cl)c(C(C(=O)O)C(C)C)c1. The molecule has 1 atom stereocenters. The van der Waals surface area contributed by atoms with Crippen molar-refractivity contribution in [3.8, 4) is 0 Å². The highest BCUT2D eigenvalue weighted by molar-refractivity contribution is 6.31. The van der Waals surface area contributed by atoms with E-state index in [0.29, 0.717) is 10.6 Å². The molecule has 1 unspecified atom stereocenters. The van der Waals surface area contributed by atoms with Crippen molar-refractivity contribution in [3.05, 3.63) is 34.3 Å². The van der Waals surface area contributed by atoms with Crippen molar-refractivity contribution in [2.75, 3.05) is 0 Å². The quantitative estimate of drug-likeness (QED) is 0.857. The molecule has 3 heteroatoms. The van der Waals surface area contributed by atoms with Crippen LogP contribution in [0.2, 0.25) is 5.02 Å². The van der Waals surface area contributed by atoms with Crippen LogP contribution in [-0.4, -0.2) is 11.1 Å². The zero-order valence-electron chi connectivity index (χ0n) is 9.12. The number of aliphatic carboxylic acids is 1. The van der Waals surface area contributed by atoms with Crippen LogP contribution in [0.15, 0.2) is 18.2 Å². The number of carboxylic acid groups (broad SMARTS) is 1. The third-order valence-electron chi connectivity index (χ3n) is 2.42. The highest BCUT2D eigenvalue weighted by Gasteiger charge is 2.25. The predicted octanol–water partition coefficient (Wildman–Crippen LogP) is 3.47. The predicted molar refractivity (Wildman–Crippen MR) is 61.4 cm³/mol. The zero-order valence-corrected chi connectivity index (χ0v) is 9.88. The van der Waals surface area contributed by atoms with Gasteiger partial charge in [-0.1, -0.05) is 43.1 Å². The maximum absolute atomic E-state index is 11.1. The van der Waals surface area contributed by atoms with Crippen LogP contribution in [0.1, 0.15) is 30.9 Å². The summed E-state index contributed by atoms with van der Waals surface area (Å²) in [7, 11) is 0. The Bertz CT molecular complexity index is 372. The van der Waals surface area contributed by atoms with E-state index in [1.54, 1.807) is 6.07 Å². The highest BCUT2D eigenvalue weighted by atomic mass is 35.5. The summed E-state index contributed by atoms with van der Waals surface area (Å²) in [5.74, 6) is -1.32. The lowest BCUT2D eigenvalue weighted by Gasteiger charge is -2.18. The molecule has 0 fully saturated rings. The van der Waals surface area contributed by atoms with Crippen molar-refractivity contribution in [1.29, 1.82) is 0 Å². The first-order chi connectivity index (χ1) is 6.93. The molecule has 15 heavy (non-hydrogen) atoms. The van der Waals surface area contributed by atoms with Gasteiger partial charge in [-0.15, -0.1) is 0 Å². The summed E-state index contributed by atoms with van der Waals surface area (Å²) in [6.07, 6.45) is 0. The van der Waals surface area contributed by atoms with E-state index < -0.39 is 11.9 Å². The van der Waals surface area contributed by atoms with Crippen LogP contribution in [0.25, 0.3) is 0 Å². The van der Waals surface area contributed by atoms with E-state index in [4.69, 9.17) is 16.7 Å². The number of carboxylic acids is 1. The third kappa shape index (κ3) is 2.72. The van der Waals surface area contributed by atoms with E-state index in [2.05, 4.69) is 0 Å². The summed E-state index contributed by atoms with van der Waals surface area (Å²) in [5.41, 5.74) is 1.74. The Hall–Kier alpha value is -1.02. The summed E-state index contributed by atoms with van der Waals surface area (Å²) in [5, 5.41) is 9.68.